The molecule has 0 bridgehead atoms. The van der Waals surface area contributed by atoms with Crippen LogP contribution in [0, 0.1) is 0 Å². The summed E-state index contributed by atoms with van der Waals surface area (Å²) in [5, 5.41) is 10.6. The molecule has 0 aliphatic heterocycles. The van der Waals surface area contributed by atoms with Gasteiger partial charge in [-0.2, -0.15) is 0 Å². The third kappa shape index (κ3) is 7.02. The van der Waals surface area contributed by atoms with Gasteiger partial charge in [0.15, 0.2) is 0 Å². The van der Waals surface area contributed by atoms with Crippen LogP contribution in [0.4, 0.5) is 0 Å². The van der Waals surface area contributed by atoms with Gasteiger partial charge in [0.2, 0.25) is 0 Å². The Balaban J connectivity index is 1.72. The molecule has 34 heavy (non-hydrogen) atoms. The van der Waals surface area contributed by atoms with Crippen LogP contribution in [0.25, 0.3) is 0 Å². The number of hydrogen-bond acceptors (Lipinski definition) is 4. The summed E-state index contributed by atoms with van der Waals surface area (Å²) in [6.07, 6.45) is 4.82. The Labute approximate surface area is 203 Å². The Morgan fingerprint density at radius 3 is 1.68 bits per heavy atom. The highest BCUT2D eigenvalue weighted by molar-refractivity contribution is 5.69. The van der Waals surface area contributed by atoms with Gasteiger partial charge in [0.25, 0.3) is 0 Å². The molecule has 0 aliphatic carbocycles. The summed E-state index contributed by atoms with van der Waals surface area (Å²) in [5.74, 6) is -0.268. The fourth-order valence-corrected chi connectivity index (χ4v) is 4.17. The van der Waals surface area contributed by atoms with Crippen LogP contribution in [0.3, 0.4) is 0 Å². The number of aliphatic hydroxyl groups is 1. The van der Waals surface area contributed by atoms with E-state index in [9.17, 15) is 9.90 Å². The van der Waals surface area contributed by atoms with Crippen molar-refractivity contribution in [1.29, 1.82) is 0 Å². The summed E-state index contributed by atoms with van der Waals surface area (Å²) in [4.78, 5) is 12.1. The summed E-state index contributed by atoms with van der Waals surface area (Å²) in [5.41, 5.74) is 1.98. The van der Waals surface area contributed by atoms with Crippen molar-refractivity contribution in [3.05, 3.63) is 108 Å². The van der Waals surface area contributed by atoms with Crippen molar-refractivity contribution in [1.82, 2.24) is 0 Å². The third-order valence-corrected chi connectivity index (χ3v) is 5.95. The van der Waals surface area contributed by atoms with Gasteiger partial charge in [0.05, 0.1) is 6.61 Å². The van der Waals surface area contributed by atoms with Gasteiger partial charge in [-0.3, -0.25) is 4.79 Å². The van der Waals surface area contributed by atoms with Crippen molar-refractivity contribution in [3.8, 4) is 0 Å². The van der Waals surface area contributed by atoms with Gasteiger partial charge < -0.3 is 14.6 Å². The largest absolute Gasteiger partial charge is 0.463 e. The molecule has 1 atom stereocenters. The van der Waals surface area contributed by atoms with Crippen LogP contribution >= 0.6 is 0 Å². The lowest BCUT2D eigenvalue weighted by Crippen LogP contribution is -2.37. The molecule has 3 rings (SSSR count). The van der Waals surface area contributed by atoms with E-state index in [0.717, 1.165) is 36.0 Å². The number of aliphatic hydroxyl groups excluding tert-OH is 1. The second-order valence-corrected chi connectivity index (χ2v) is 8.59. The molecule has 0 heterocycles. The molecular weight excluding hydrogens is 424 g/mol. The smallest absolute Gasteiger partial charge is 0.305 e. The Morgan fingerprint density at radius 2 is 1.21 bits per heavy atom. The Hall–Kier alpha value is -2.95. The first-order valence-corrected chi connectivity index (χ1v) is 12.3. The minimum absolute atomic E-state index is 0.0163. The predicted octanol–water partition coefficient (Wildman–Crippen LogP) is 6.26. The number of rotatable bonds is 14. The standard InChI is InChI=1S/C30H36O4/c1-2-3-4-5-15-22-29(32)33-23-28(31)24-34-30(25-16-9-6-10-17-25,26-18-11-7-12-19-26)27-20-13-8-14-21-27/h6-14,16-21,28,31H,2-5,15,22-24H2,1H3. The lowest BCUT2D eigenvalue weighted by molar-refractivity contribution is -0.149. The monoisotopic (exact) mass is 460 g/mol. The van der Waals surface area contributed by atoms with Gasteiger partial charge in [-0.15, -0.1) is 0 Å². The van der Waals surface area contributed by atoms with Gasteiger partial charge in [0, 0.05) is 6.42 Å². The van der Waals surface area contributed by atoms with E-state index in [1.165, 1.54) is 12.8 Å². The minimum Gasteiger partial charge on any atom is -0.463 e. The molecule has 0 saturated heterocycles. The van der Waals surface area contributed by atoms with E-state index in [4.69, 9.17) is 9.47 Å². The van der Waals surface area contributed by atoms with Gasteiger partial charge in [-0.1, -0.05) is 124 Å². The second-order valence-electron chi connectivity index (χ2n) is 8.59. The molecule has 0 aliphatic rings. The molecule has 0 fully saturated rings. The van der Waals surface area contributed by atoms with Crippen LogP contribution in [-0.2, 0) is 19.9 Å². The topological polar surface area (TPSA) is 55.8 Å². The molecule has 3 aromatic carbocycles. The number of carbonyl (C=O) groups is 1. The minimum atomic E-state index is -0.931. The molecule has 0 aromatic heterocycles. The molecule has 0 amide bonds. The van der Waals surface area contributed by atoms with E-state index in [1.807, 2.05) is 91.0 Å². The summed E-state index contributed by atoms with van der Waals surface area (Å²) in [6.45, 7) is 2.10. The molecule has 4 nitrogen and oxygen atoms in total. The third-order valence-electron chi connectivity index (χ3n) is 5.95. The quantitative estimate of drug-likeness (QED) is 0.175. The molecule has 0 spiro atoms. The van der Waals surface area contributed by atoms with Gasteiger partial charge in [-0.25, -0.2) is 0 Å². The van der Waals surface area contributed by atoms with E-state index in [1.54, 1.807) is 0 Å². The van der Waals surface area contributed by atoms with Crippen LogP contribution in [0.2, 0.25) is 0 Å². The maximum Gasteiger partial charge on any atom is 0.305 e. The summed E-state index contributed by atoms with van der Waals surface area (Å²) < 4.78 is 11.9. The lowest BCUT2D eigenvalue weighted by Gasteiger charge is -2.36. The molecule has 3 aromatic rings. The number of benzene rings is 3. The molecule has 1 N–H and O–H groups in total. The van der Waals surface area contributed by atoms with Crippen LogP contribution in [-0.4, -0.2) is 30.4 Å². The zero-order chi connectivity index (χ0) is 24.1. The van der Waals surface area contributed by atoms with Gasteiger partial charge in [-0.05, 0) is 23.1 Å². The number of carbonyl (C=O) groups excluding carboxylic acids is 1. The number of unbranched alkanes of at least 4 members (excludes halogenated alkanes) is 4. The maximum atomic E-state index is 12.1. The molecular formula is C30H36O4. The van der Waals surface area contributed by atoms with Gasteiger partial charge >= 0.3 is 5.97 Å². The van der Waals surface area contributed by atoms with Gasteiger partial charge in [0.1, 0.15) is 18.3 Å². The zero-order valence-corrected chi connectivity index (χ0v) is 20.1. The first-order valence-electron chi connectivity index (χ1n) is 12.3. The highest BCUT2D eigenvalue weighted by Gasteiger charge is 2.38. The maximum absolute atomic E-state index is 12.1. The fourth-order valence-electron chi connectivity index (χ4n) is 4.17. The van der Waals surface area contributed by atoms with E-state index in [0.29, 0.717) is 6.42 Å². The van der Waals surface area contributed by atoms with Crippen molar-refractivity contribution in [2.24, 2.45) is 0 Å². The number of esters is 1. The molecule has 1 unspecified atom stereocenters. The van der Waals surface area contributed by atoms with Crippen LogP contribution in [0.5, 0.6) is 0 Å². The number of hydrogen-bond donors (Lipinski definition) is 1. The van der Waals surface area contributed by atoms with Crippen molar-refractivity contribution in [2.45, 2.75) is 57.2 Å². The number of ether oxygens (including phenoxy) is 2. The summed E-state index contributed by atoms with van der Waals surface area (Å²) >= 11 is 0. The van der Waals surface area contributed by atoms with Crippen LogP contribution in [0.1, 0.15) is 62.1 Å². The van der Waals surface area contributed by atoms with E-state index in [2.05, 4.69) is 6.92 Å². The zero-order valence-electron chi connectivity index (χ0n) is 20.1. The highest BCUT2D eigenvalue weighted by atomic mass is 16.6. The Morgan fingerprint density at radius 1 is 0.735 bits per heavy atom. The average Bonchev–Trinajstić information content (AvgIpc) is 2.89. The normalized spacial score (nSPS) is 12.3. The molecule has 180 valence electrons. The molecule has 0 saturated carbocycles. The van der Waals surface area contributed by atoms with Crippen molar-refractivity contribution < 1.29 is 19.4 Å². The summed E-state index contributed by atoms with van der Waals surface area (Å²) in [7, 11) is 0. The lowest BCUT2D eigenvalue weighted by atomic mass is 9.80. The average molecular weight is 461 g/mol. The van der Waals surface area contributed by atoms with Crippen molar-refractivity contribution in [2.75, 3.05) is 13.2 Å². The van der Waals surface area contributed by atoms with E-state index in [-0.39, 0.29) is 19.2 Å². The van der Waals surface area contributed by atoms with Crippen molar-refractivity contribution in [3.63, 3.8) is 0 Å². The van der Waals surface area contributed by atoms with Crippen molar-refractivity contribution >= 4 is 5.97 Å². The first kappa shape index (κ1) is 25.7. The SMILES string of the molecule is CCCCCCCC(=O)OCC(O)COC(c1ccccc1)(c1ccccc1)c1ccccc1. The second kappa shape index (κ2) is 13.7. The van der Waals surface area contributed by atoms with E-state index < -0.39 is 11.7 Å². The fraction of sp³-hybridized carbons (Fsp3) is 0.367. The van der Waals surface area contributed by atoms with E-state index >= 15 is 0 Å². The predicted molar refractivity (Wildman–Crippen MR) is 136 cm³/mol. The highest BCUT2D eigenvalue weighted by Crippen LogP contribution is 2.40. The van der Waals surface area contributed by atoms with Crippen LogP contribution < -0.4 is 0 Å². The van der Waals surface area contributed by atoms with Crippen LogP contribution in [0.15, 0.2) is 91.0 Å². The Bertz CT molecular complexity index is 860. The molecule has 0 radical (unpaired) electrons. The Kier molecular flexibility index (Phi) is 10.3. The molecule has 4 heteroatoms. The first-order chi connectivity index (χ1) is 16.7. The summed E-state index contributed by atoms with van der Waals surface area (Å²) in [6, 6.07) is 30.0.